The van der Waals surface area contributed by atoms with Gasteiger partial charge in [0, 0.05) is 44.1 Å². The lowest BCUT2D eigenvalue weighted by molar-refractivity contribution is -0.130. The molecule has 2 aliphatic rings. The van der Waals surface area contributed by atoms with Crippen LogP contribution in [0.3, 0.4) is 0 Å². The van der Waals surface area contributed by atoms with Gasteiger partial charge in [-0.3, -0.25) is 14.5 Å². The van der Waals surface area contributed by atoms with E-state index in [9.17, 15) is 9.59 Å². The highest BCUT2D eigenvalue weighted by Gasteiger charge is 2.32. The molecule has 0 bridgehead atoms. The second-order valence-electron chi connectivity index (χ2n) is 8.13. The fourth-order valence-corrected chi connectivity index (χ4v) is 4.33. The van der Waals surface area contributed by atoms with Gasteiger partial charge in [0.15, 0.2) is 5.78 Å². The molecule has 1 aromatic rings. The zero-order valence-corrected chi connectivity index (χ0v) is 16.8. The summed E-state index contributed by atoms with van der Waals surface area (Å²) in [6.07, 6.45) is 4.14. The van der Waals surface area contributed by atoms with E-state index >= 15 is 0 Å². The van der Waals surface area contributed by atoms with Gasteiger partial charge in [-0.2, -0.15) is 0 Å². The van der Waals surface area contributed by atoms with Crippen molar-refractivity contribution in [2.24, 2.45) is 5.92 Å². The van der Waals surface area contributed by atoms with Crippen LogP contribution in [0.5, 0.6) is 5.75 Å². The summed E-state index contributed by atoms with van der Waals surface area (Å²) in [6.45, 7) is 9.19. The van der Waals surface area contributed by atoms with E-state index in [0.717, 1.165) is 63.2 Å². The third-order valence-corrected chi connectivity index (χ3v) is 5.74. The molecule has 2 heterocycles. The van der Waals surface area contributed by atoms with Gasteiger partial charge < -0.3 is 9.64 Å². The van der Waals surface area contributed by atoms with E-state index in [2.05, 4.69) is 4.90 Å². The summed E-state index contributed by atoms with van der Waals surface area (Å²) in [5.41, 5.74) is 0.756. The van der Waals surface area contributed by atoms with Crippen molar-refractivity contribution in [2.75, 3.05) is 26.2 Å². The second kappa shape index (κ2) is 8.87. The van der Waals surface area contributed by atoms with Gasteiger partial charge in [-0.1, -0.05) is 12.1 Å². The number of piperidine rings is 2. The minimum Gasteiger partial charge on any atom is -0.491 e. The topological polar surface area (TPSA) is 49.9 Å². The summed E-state index contributed by atoms with van der Waals surface area (Å²) < 4.78 is 5.74. The molecular formula is C22H32N2O3. The first-order valence-corrected chi connectivity index (χ1v) is 10.2. The third-order valence-electron chi connectivity index (χ3n) is 5.74. The van der Waals surface area contributed by atoms with Crippen molar-refractivity contribution in [2.45, 2.75) is 58.6 Å². The highest BCUT2D eigenvalue weighted by atomic mass is 16.5. The third kappa shape index (κ3) is 5.10. The molecule has 0 N–H and O–H groups in total. The molecule has 2 aliphatic heterocycles. The van der Waals surface area contributed by atoms with Gasteiger partial charge in [0.1, 0.15) is 5.75 Å². The SMILES string of the molecule is CC(=O)N1CCC(N2CCC[C@H](C(=O)c3cccc(OC(C)C)c3)C2)CC1. The smallest absolute Gasteiger partial charge is 0.219 e. The first-order chi connectivity index (χ1) is 12.9. The Hall–Kier alpha value is -1.88. The zero-order chi connectivity index (χ0) is 19.4. The van der Waals surface area contributed by atoms with Gasteiger partial charge in [0.25, 0.3) is 0 Å². The van der Waals surface area contributed by atoms with Gasteiger partial charge in [0.05, 0.1) is 6.10 Å². The van der Waals surface area contributed by atoms with Crippen LogP contribution < -0.4 is 4.74 Å². The summed E-state index contributed by atoms with van der Waals surface area (Å²) in [5, 5.41) is 0. The van der Waals surface area contributed by atoms with E-state index in [-0.39, 0.29) is 23.7 Å². The molecule has 2 saturated heterocycles. The normalized spacial score (nSPS) is 22.1. The van der Waals surface area contributed by atoms with Crippen molar-refractivity contribution < 1.29 is 14.3 Å². The number of hydrogen-bond donors (Lipinski definition) is 0. The fourth-order valence-electron chi connectivity index (χ4n) is 4.33. The van der Waals surface area contributed by atoms with E-state index in [1.165, 1.54) is 0 Å². The van der Waals surface area contributed by atoms with E-state index in [4.69, 9.17) is 4.74 Å². The van der Waals surface area contributed by atoms with Crippen molar-refractivity contribution in [1.82, 2.24) is 9.80 Å². The number of carbonyl (C=O) groups is 2. The average Bonchev–Trinajstić information content (AvgIpc) is 2.67. The van der Waals surface area contributed by atoms with Crippen LogP contribution in [0.4, 0.5) is 0 Å². The van der Waals surface area contributed by atoms with Crippen molar-refractivity contribution in [3.8, 4) is 5.75 Å². The minimum atomic E-state index is 0.0545. The van der Waals surface area contributed by atoms with E-state index in [1.54, 1.807) is 6.92 Å². The maximum absolute atomic E-state index is 13.1. The average molecular weight is 373 g/mol. The van der Waals surface area contributed by atoms with Gasteiger partial charge in [-0.15, -0.1) is 0 Å². The number of likely N-dealkylation sites (tertiary alicyclic amines) is 2. The lowest BCUT2D eigenvalue weighted by Gasteiger charge is -2.42. The number of Topliss-reactive ketones (excluding diaryl/α,β-unsaturated/α-hetero) is 1. The number of benzene rings is 1. The second-order valence-corrected chi connectivity index (χ2v) is 8.13. The number of hydrogen-bond acceptors (Lipinski definition) is 4. The summed E-state index contributed by atoms with van der Waals surface area (Å²) in [7, 11) is 0. The Kier molecular flexibility index (Phi) is 6.53. The summed E-state index contributed by atoms with van der Waals surface area (Å²) in [4.78, 5) is 29.0. The number of nitrogens with zero attached hydrogens (tertiary/aromatic N) is 2. The van der Waals surface area contributed by atoms with Gasteiger partial charge >= 0.3 is 0 Å². The molecule has 0 unspecified atom stereocenters. The van der Waals surface area contributed by atoms with Crippen molar-refractivity contribution in [3.05, 3.63) is 29.8 Å². The zero-order valence-electron chi connectivity index (χ0n) is 16.8. The molecule has 27 heavy (non-hydrogen) atoms. The first-order valence-electron chi connectivity index (χ1n) is 10.2. The Balaban J connectivity index is 1.61. The van der Waals surface area contributed by atoms with Gasteiger partial charge in [-0.25, -0.2) is 0 Å². The lowest BCUT2D eigenvalue weighted by atomic mass is 9.88. The van der Waals surface area contributed by atoms with Crippen molar-refractivity contribution >= 4 is 11.7 Å². The number of amides is 1. The molecule has 0 radical (unpaired) electrons. The lowest BCUT2D eigenvalue weighted by Crippen LogP contribution is -2.50. The van der Waals surface area contributed by atoms with Crippen LogP contribution in [0.15, 0.2) is 24.3 Å². The van der Waals surface area contributed by atoms with E-state index < -0.39 is 0 Å². The van der Waals surface area contributed by atoms with Crippen molar-refractivity contribution in [1.29, 1.82) is 0 Å². The van der Waals surface area contributed by atoms with Gasteiger partial charge in [-0.05, 0) is 58.2 Å². The van der Waals surface area contributed by atoms with Crippen LogP contribution >= 0.6 is 0 Å². The van der Waals surface area contributed by atoms with E-state index in [1.807, 2.05) is 43.0 Å². The standard InChI is InChI=1S/C22H32N2O3/c1-16(2)27-21-8-4-6-18(14-21)22(26)19-7-5-11-24(15-19)20-9-12-23(13-10-20)17(3)25/h4,6,8,14,16,19-20H,5,7,9-13,15H2,1-3H3/t19-/m0/s1. The number of ketones is 1. The Morgan fingerprint density at radius 3 is 2.52 bits per heavy atom. The van der Waals surface area contributed by atoms with Crippen LogP contribution in [0.1, 0.15) is 56.8 Å². The molecule has 2 fully saturated rings. The summed E-state index contributed by atoms with van der Waals surface area (Å²) in [6, 6.07) is 8.09. The highest BCUT2D eigenvalue weighted by molar-refractivity contribution is 5.98. The molecule has 5 heteroatoms. The molecular weight excluding hydrogens is 340 g/mol. The highest BCUT2D eigenvalue weighted by Crippen LogP contribution is 2.27. The molecule has 0 aromatic heterocycles. The number of rotatable bonds is 5. The molecule has 1 amide bonds. The summed E-state index contributed by atoms with van der Waals surface area (Å²) >= 11 is 0. The maximum atomic E-state index is 13.1. The summed E-state index contributed by atoms with van der Waals surface area (Å²) in [5.74, 6) is 1.22. The molecule has 148 valence electrons. The molecule has 5 nitrogen and oxygen atoms in total. The van der Waals surface area contributed by atoms with Crippen LogP contribution in [0, 0.1) is 5.92 Å². The molecule has 3 rings (SSSR count). The van der Waals surface area contributed by atoms with Crippen LogP contribution in [-0.4, -0.2) is 59.8 Å². The van der Waals surface area contributed by atoms with Crippen molar-refractivity contribution in [3.63, 3.8) is 0 Å². The Bertz CT molecular complexity index is 665. The predicted octanol–water partition coefficient (Wildman–Crippen LogP) is 3.38. The van der Waals surface area contributed by atoms with Crippen LogP contribution in [0.25, 0.3) is 0 Å². The first kappa shape index (κ1) is 19.9. The number of ether oxygens (including phenoxy) is 1. The van der Waals surface area contributed by atoms with Gasteiger partial charge in [0.2, 0.25) is 5.91 Å². The Morgan fingerprint density at radius 2 is 1.85 bits per heavy atom. The maximum Gasteiger partial charge on any atom is 0.219 e. The van der Waals surface area contributed by atoms with Crippen LogP contribution in [-0.2, 0) is 4.79 Å². The molecule has 1 atom stereocenters. The molecule has 0 saturated carbocycles. The largest absolute Gasteiger partial charge is 0.491 e. The monoisotopic (exact) mass is 372 g/mol. The quantitative estimate of drug-likeness (QED) is 0.744. The number of carbonyl (C=O) groups excluding carboxylic acids is 2. The van der Waals surface area contributed by atoms with E-state index in [0.29, 0.717) is 6.04 Å². The molecule has 1 aromatic carbocycles. The fraction of sp³-hybridized carbons (Fsp3) is 0.636. The minimum absolute atomic E-state index is 0.0545. The molecule has 0 spiro atoms. The Morgan fingerprint density at radius 1 is 1.11 bits per heavy atom. The predicted molar refractivity (Wildman–Crippen MR) is 106 cm³/mol. The Labute approximate surface area is 162 Å². The molecule has 0 aliphatic carbocycles. The van der Waals surface area contributed by atoms with Crippen LogP contribution in [0.2, 0.25) is 0 Å².